The Hall–Kier alpha value is -3.15. The molecule has 1 aromatic carbocycles. The van der Waals surface area contributed by atoms with Gasteiger partial charge in [-0.15, -0.1) is 0 Å². The molecule has 6 heteroatoms. The lowest BCUT2D eigenvalue weighted by Crippen LogP contribution is -2.45. The highest BCUT2D eigenvalue weighted by atomic mass is 16.2. The molecule has 0 saturated carbocycles. The first-order valence-electron chi connectivity index (χ1n) is 9.59. The number of allylic oxidation sites excluding steroid dienone is 2. The van der Waals surface area contributed by atoms with Crippen LogP contribution in [0.3, 0.4) is 0 Å². The second-order valence-electron chi connectivity index (χ2n) is 7.45. The maximum atomic E-state index is 12.5. The van der Waals surface area contributed by atoms with Crippen LogP contribution in [0.1, 0.15) is 47.0 Å². The molecule has 0 bridgehead atoms. The van der Waals surface area contributed by atoms with Gasteiger partial charge in [0.25, 0.3) is 5.91 Å². The van der Waals surface area contributed by atoms with Crippen LogP contribution in [0.2, 0.25) is 0 Å². The second-order valence-corrected chi connectivity index (χ2v) is 7.45. The molecular weight excluding hydrogens is 352 g/mol. The summed E-state index contributed by atoms with van der Waals surface area (Å²) in [6.45, 7) is 1.91. The Labute approximate surface area is 164 Å². The number of amides is 2. The van der Waals surface area contributed by atoms with E-state index in [-0.39, 0.29) is 18.0 Å². The van der Waals surface area contributed by atoms with Gasteiger partial charge in [-0.25, -0.2) is 4.98 Å². The van der Waals surface area contributed by atoms with E-state index >= 15 is 0 Å². The summed E-state index contributed by atoms with van der Waals surface area (Å²) in [6.07, 6.45) is 6.58. The summed E-state index contributed by atoms with van der Waals surface area (Å²) in [7, 11) is 1.92. The first-order chi connectivity index (χ1) is 13.5. The molecule has 0 radical (unpaired) electrons. The number of aromatic nitrogens is 1. The lowest BCUT2D eigenvalue weighted by Gasteiger charge is -2.35. The average Bonchev–Trinajstić information content (AvgIpc) is 3.18. The van der Waals surface area contributed by atoms with Crippen LogP contribution in [0.4, 0.5) is 11.5 Å². The monoisotopic (exact) mass is 376 g/mol. The van der Waals surface area contributed by atoms with E-state index in [9.17, 15) is 9.59 Å². The molecule has 1 aromatic heterocycles. The number of hydrogen-bond donors (Lipinski definition) is 2. The van der Waals surface area contributed by atoms with Gasteiger partial charge in [-0.3, -0.25) is 9.59 Å². The van der Waals surface area contributed by atoms with E-state index in [4.69, 9.17) is 0 Å². The van der Waals surface area contributed by atoms with Crippen molar-refractivity contribution in [3.63, 3.8) is 0 Å². The lowest BCUT2D eigenvalue weighted by molar-refractivity contribution is -0.116. The number of anilines is 2. The smallest absolute Gasteiger partial charge is 0.256 e. The summed E-state index contributed by atoms with van der Waals surface area (Å²) < 4.78 is 0. The zero-order valence-corrected chi connectivity index (χ0v) is 16.1. The zero-order chi connectivity index (χ0) is 19.7. The highest BCUT2D eigenvalue weighted by Gasteiger charge is 2.30. The molecule has 1 aliphatic heterocycles. The Kier molecular flexibility index (Phi) is 4.86. The van der Waals surface area contributed by atoms with Crippen LogP contribution < -0.4 is 15.5 Å². The van der Waals surface area contributed by atoms with Crippen LogP contribution in [0.25, 0.3) is 0 Å². The highest BCUT2D eigenvalue weighted by molar-refractivity contribution is 6.01. The highest BCUT2D eigenvalue weighted by Crippen LogP contribution is 2.31. The summed E-state index contributed by atoms with van der Waals surface area (Å²) >= 11 is 0. The normalized spacial score (nSPS) is 20.6. The van der Waals surface area contributed by atoms with E-state index in [1.54, 1.807) is 6.07 Å². The Balaban J connectivity index is 1.47. The Morgan fingerprint density at radius 1 is 1.25 bits per heavy atom. The molecule has 2 atom stereocenters. The van der Waals surface area contributed by atoms with Crippen LogP contribution in [-0.4, -0.2) is 23.8 Å². The van der Waals surface area contributed by atoms with Crippen LogP contribution in [0.5, 0.6) is 0 Å². The predicted molar refractivity (Wildman–Crippen MR) is 109 cm³/mol. The summed E-state index contributed by atoms with van der Waals surface area (Å²) in [5.41, 5.74) is 3.14. The maximum Gasteiger partial charge on any atom is 0.256 e. The number of fused-ring (bicyclic) bond motifs is 1. The summed E-state index contributed by atoms with van der Waals surface area (Å²) in [4.78, 5) is 31.2. The molecule has 4 rings (SSSR count). The number of pyridine rings is 1. The van der Waals surface area contributed by atoms with Crippen molar-refractivity contribution in [2.24, 2.45) is 5.92 Å². The average molecular weight is 376 g/mol. The summed E-state index contributed by atoms with van der Waals surface area (Å²) in [5, 5.41) is 5.97. The predicted octanol–water partition coefficient (Wildman–Crippen LogP) is 3.56. The van der Waals surface area contributed by atoms with Crippen LogP contribution >= 0.6 is 0 Å². The number of rotatable bonds is 4. The fourth-order valence-electron chi connectivity index (χ4n) is 3.78. The SMILES string of the molecule is Cc1ccc2c(n1)N(C)[C@@H](c1ccc(NC(=O)C[C@@H]3C=CCC3)cc1)NC2=O. The molecule has 28 heavy (non-hydrogen) atoms. The van der Waals surface area contributed by atoms with E-state index in [0.29, 0.717) is 23.7 Å². The quantitative estimate of drug-likeness (QED) is 0.800. The van der Waals surface area contributed by atoms with Gasteiger partial charge >= 0.3 is 0 Å². The standard InChI is InChI=1S/C22H24N4O2/c1-14-7-12-18-21(23-14)26(2)20(25-22(18)28)16-8-10-17(11-9-16)24-19(27)13-15-5-3-4-6-15/h3,5,7-12,15,20H,4,6,13H2,1-2H3,(H,24,27)(H,25,28)/t15-,20+/m1/s1. The number of nitrogens with zero attached hydrogens (tertiary/aromatic N) is 2. The zero-order valence-electron chi connectivity index (χ0n) is 16.1. The number of nitrogens with one attached hydrogen (secondary N) is 2. The van der Waals surface area contributed by atoms with Crippen LogP contribution in [0, 0.1) is 12.8 Å². The minimum absolute atomic E-state index is 0.0287. The second kappa shape index (κ2) is 7.46. The first kappa shape index (κ1) is 18.2. The third-order valence-electron chi connectivity index (χ3n) is 5.32. The summed E-state index contributed by atoms with van der Waals surface area (Å²) in [6, 6.07) is 11.2. The number of aryl methyl sites for hydroxylation is 1. The molecule has 0 saturated heterocycles. The van der Waals surface area contributed by atoms with Crippen molar-refractivity contribution in [3.8, 4) is 0 Å². The first-order valence-corrected chi connectivity index (χ1v) is 9.59. The van der Waals surface area contributed by atoms with E-state index in [1.807, 2.05) is 49.2 Å². The fourth-order valence-corrected chi connectivity index (χ4v) is 3.78. The number of benzene rings is 1. The lowest BCUT2D eigenvalue weighted by atomic mass is 10.0. The minimum atomic E-state index is -0.303. The largest absolute Gasteiger partial charge is 0.335 e. The van der Waals surface area contributed by atoms with E-state index < -0.39 is 0 Å². The maximum absolute atomic E-state index is 12.5. The van der Waals surface area contributed by atoms with E-state index in [0.717, 1.165) is 29.8 Å². The van der Waals surface area contributed by atoms with Gasteiger partial charge < -0.3 is 15.5 Å². The van der Waals surface area contributed by atoms with Crippen molar-refractivity contribution in [1.29, 1.82) is 0 Å². The molecular formula is C22H24N4O2. The Bertz CT molecular complexity index is 936. The van der Waals surface area contributed by atoms with Gasteiger partial charge in [-0.05, 0) is 55.5 Å². The molecule has 144 valence electrons. The van der Waals surface area contributed by atoms with E-state index in [1.165, 1.54) is 0 Å². The van der Waals surface area contributed by atoms with Gasteiger partial charge in [0.1, 0.15) is 12.0 Å². The van der Waals surface area contributed by atoms with Gasteiger partial charge in [0, 0.05) is 24.8 Å². The number of hydrogen-bond acceptors (Lipinski definition) is 4. The van der Waals surface area contributed by atoms with Gasteiger partial charge in [-0.2, -0.15) is 0 Å². The van der Waals surface area contributed by atoms with Crippen molar-refractivity contribution in [2.45, 2.75) is 32.4 Å². The van der Waals surface area contributed by atoms with Crippen molar-refractivity contribution < 1.29 is 9.59 Å². The molecule has 1 aliphatic carbocycles. The number of carbonyl (C=O) groups excluding carboxylic acids is 2. The number of carbonyl (C=O) groups is 2. The third kappa shape index (κ3) is 3.63. The van der Waals surface area contributed by atoms with Gasteiger partial charge in [0.05, 0.1) is 5.56 Å². The molecule has 0 unspecified atom stereocenters. The van der Waals surface area contributed by atoms with Gasteiger partial charge in [-0.1, -0.05) is 24.3 Å². The Morgan fingerprint density at radius 3 is 2.75 bits per heavy atom. The minimum Gasteiger partial charge on any atom is -0.335 e. The molecule has 2 aliphatic rings. The van der Waals surface area contributed by atoms with Crippen molar-refractivity contribution >= 4 is 23.3 Å². The summed E-state index contributed by atoms with van der Waals surface area (Å²) in [5.74, 6) is 0.922. The van der Waals surface area contributed by atoms with Crippen molar-refractivity contribution in [3.05, 3.63) is 65.4 Å². The molecule has 2 heterocycles. The topological polar surface area (TPSA) is 74.3 Å². The van der Waals surface area contributed by atoms with Gasteiger partial charge in [0.15, 0.2) is 0 Å². The molecule has 2 N–H and O–H groups in total. The van der Waals surface area contributed by atoms with Crippen LogP contribution in [0.15, 0.2) is 48.6 Å². The van der Waals surface area contributed by atoms with Crippen LogP contribution in [-0.2, 0) is 4.79 Å². The molecule has 2 amide bonds. The third-order valence-corrected chi connectivity index (χ3v) is 5.32. The van der Waals surface area contributed by atoms with E-state index in [2.05, 4.69) is 27.8 Å². The fraction of sp³-hybridized carbons (Fsp3) is 0.318. The molecule has 2 aromatic rings. The van der Waals surface area contributed by atoms with Crippen molar-refractivity contribution in [1.82, 2.24) is 10.3 Å². The van der Waals surface area contributed by atoms with Gasteiger partial charge in [0.2, 0.25) is 5.91 Å². The Morgan fingerprint density at radius 2 is 2.04 bits per heavy atom. The molecule has 0 fully saturated rings. The van der Waals surface area contributed by atoms with Crippen molar-refractivity contribution in [2.75, 3.05) is 17.3 Å². The molecule has 0 spiro atoms. The molecule has 6 nitrogen and oxygen atoms in total.